The third kappa shape index (κ3) is 3.10. The molecule has 0 fully saturated rings. The molecule has 0 saturated heterocycles. The first kappa shape index (κ1) is 18.1. The van der Waals surface area contributed by atoms with Crippen molar-refractivity contribution in [3.63, 3.8) is 0 Å². The largest absolute Gasteiger partial charge is 0.480 e. The fourth-order valence-electron chi connectivity index (χ4n) is 3.67. The number of rotatable bonds is 6. The molecule has 28 heavy (non-hydrogen) atoms. The van der Waals surface area contributed by atoms with E-state index >= 15 is 0 Å². The van der Waals surface area contributed by atoms with Gasteiger partial charge in [0.2, 0.25) is 0 Å². The van der Waals surface area contributed by atoms with Gasteiger partial charge in [-0.3, -0.25) is 13.9 Å². The van der Waals surface area contributed by atoms with Gasteiger partial charge >= 0.3 is 11.7 Å². The number of carboxylic acid groups (broad SMARTS) is 1. The standard InChI is InChI=1S/C21H22N4O3/c1-24-18-8-7-13(9-19(18)25(2)21(24)28)11-22-17(20(26)27)10-14-12-23-16-6-4-3-5-15(14)16/h3-9,12,17,22-23H,10-11H2,1-2H3,(H,26,27). The van der Waals surface area contributed by atoms with Crippen LogP contribution < -0.4 is 11.0 Å². The average molecular weight is 378 g/mol. The number of nitrogens with zero attached hydrogens (tertiary/aromatic N) is 2. The van der Waals surface area contributed by atoms with Crippen LogP contribution in [0, 0.1) is 0 Å². The number of imidazole rings is 1. The molecule has 0 saturated carbocycles. The van der Waals surface area contributed by atoms with Crippen molar-refractivity contribution in [2.45, 2.75) is 19.0 Å². The molecule has 4 rings (SSSR count). The molecule has 7 nitrogen and oxygen atoms in total. The highest BCUT2D eigenvalue weighted by Crippen LogP contribution is 2.19. The molecule has 2 aromatic carbocycles. The van der Waals surface area contributed by atoms with Crippen molar-refractivity contribution in [1.82, 2.24) is 19.4 Å². The van der Waals surface area contributed by atoms with Gasteiger partial charge in [0.1, 0.15) is 6.04 Å². The molecule has 0 aliphatic rings. The molecule has 0 aliphatic heterocycles. The highest BCUT2D eigenvalue weighted by atomic mass is 16.4. The topological polar surface area (TPSA) is 92.0 Å². The smallest absolute Gasteiger partial charge is 0.328 e. The van der Waals surface area contributed by atoms with Crippen molar-refractivity contribution in [3.8, 4) is 0 Å². The fourth-order valence-corrected chi connectivity index (χ4v) is 3.67. The Kier molecular flexibility index (Phi) is 4.52. The van der Waals surface area contributed by atoms with E-state index in [1.165, 1.54) is 0 Å². The molecular weight excluding hydrogens is 356 g/mol. The first-order chi connectivity index (χ1) is 13.5. The van der Waals surface area contributed by atoms with Gasteiger partial charge in [0.15, 0.2) is 0 Å². The van der Waals surface area contributed by atoms with E-state index in [1.54, 1.807) is 23.2 Å². The molecule has 2 heterocycles. The maximum absolute atomic E-state index is 12.1. The summed E-state index contributed by atoms with van der Waals surface area (Å²) in [5.74, 6) is -0.890. The second-order valence-electron chi connectivity index (χ2n) is 7.06. The Hall–Kier alpha value is -3.32. The molecule has 0 amide bonds. The van der Waals surface area contributed by atoms with Crippen molar-refractivity contribution < 1.29 is 9.90 Å². The van der Waals surface area contributed by atoms with Crippen molar-refractivity contribution in [2.24, 2.45) is 14.1 Å². The van der Waals surface area contributed by atoms with Crippen LogP contribution in [-0.4, -0.2) is 31.2 Å². The molecule has 144 valence electrons. The number of para-hydroxylation sites is 1. The third-order valence-electron chi connectivity index (χ3n) is 5.29. The molecule has 2 aromatic heterocycles. The molecular formula is C21H22N4O3. The van der Waals surface area contributed by atoms with E-state index in [2.05, 4.69) is 10.3 Å². The Morgan fingerprint density at radius 3 is 2.68 bits per heavy atom. The predicted molar refractivity (Wildman–Crippen MR) is 108 cm³/mol. The lowest BCUT2D eigenvalue weighted by atomic mass is 10.0. The summed E-state index contributed by atoms with van der Waals surface area (Å²) in [7, 11) is 3.48. The summed E-state index contributed by atoms with van der Waals surface area (Å²) in [4.78, 5) is 27.0. The maximum Gasteiger partial charge on any atom is 0.328 e. The summed E-state index contributed by atoms with van der Waals surface area (Å²) in [6.07, 6.45) is 2.25. The Balaban J connectivity index is 1.54. The van der Waals surface area contributed by atoms with Crippen LogP contribution in [0.1, 0.15) is 11.1 Å². The molecule has 0 spiro atoms. The zero-order chi connectivity index (χ0) is 19.8. The number of aryl methyl sites for hydroxylation is 2. The molecule has 3 N–H and O–H groups in total. The van der Waals surface area contributed by atoms with Crippen LogP contribution in [0.25, 0.3) is 21.9 Å². The summed E-state index contributed by atoms with van der Waals surface area (Å²) in [5.41, 5.74) is 4.50. The number of H-pyrrole nitrogens is 1. The minimum Gasteiger partial charge on any atom is -0.480 e. The van der Waals surface area contributed by atoms with Crippen LogP contribution in [0.3, 0.4) is 0 Å². The number of fused-ring (bicyclic) bond motifs is 2. The first-order valence-corrected chi connectivity index (χ1v) is 9.11. The second kappa shape index (κ2) is 7.01. The van der Waals surface area contributed by atoms with Gasteiger partial charge in [-0.2, -0.15) is 0 Å². The number of carboxylic acids is 1. The van der Waals surface area contributed by atoms with Crippen LogP contribution >= 0.6 is 0 Å². The van der Waals surface area contributed by atoms with Gasteiger partial charge in [-0.15, -0.1) is 0 Å². The van der Waals surface area contributed by atoms with E-state index < -0.39 is 12.0 Å². The highest BCUT2D eigenvalue weighted by molar-refractivity contribution is 5.84. The Bertz CT molecular complexity index is 1230. The fraction of sp³-hybridized carbons (Fsp3) is 0.238. The van der Waals surface area contributed by atoms with Crippen LogP contribution in [0.5, 0.6) is 0 Å². The summed E-state index contributed by atoms with van der Waals surface area (Å²) in [6.45, 7) is 0.401. The number of aromatic nitrogens is 3. The van der Waals surface area contributed by atoms with Crippen LogP contribution in [0.15, 0.2) is 53.5 Å². The summed E-state index contributed by atoms with van der Waals surface area (Å²) >= 11 is 0. The molecule has 0 aliphatic carbocycles. The molecule has 7 heteroatoms. The maximum atomic E-state index is 12.1. The molecule has 0 bridgehead atoms. The first-order valence-electron chi connectivity index (χ1n) is 9.11. The van der Waals surface area contributed by atoms with Gasteiger partial charge in [0.05, 0.1) is 11.0 Å². The van der Waals surface area contributed by atoms with Crippen LogP contribution in [0.2, 0.25) is 0 Å². The average Bonchev–Trinajstić information content (AvgIpc) is 3.20. The number of aliphatic carboxylic acids is 1. The molecule has 0 radical (unpaired) electrons. The second-order valence-corrected chi connectivity index (χ2v) is 7.06. The quantitative estimate of drug-likeness (QED) is 0.479. The SMILES string of the molecule is Cn1c(=O)n(C)c2cc(CNC(Cc3c[nH]c4ccccc34)C(=O)O)ccc21. The lowest BCUT2D eigenvalue weighted by Gasteiger charge is -2.14. The zero-order valence-electron chi connectivity index (χ0n) is 15.8. The van der Waals surface area contributed by atoms with E-state index in [4.69, 9.17) is 0 Å². The Morgan fingerprint density at radius 1 is 1.14 bits per heavy atom. The number of benzene rings is 2. The van der Waals surface area contributed by atoms with E-state index in [-0.39, 0.29) is 5.69 Å². The number of hydrogen-bond donors (Lipinski definition) is 3. The number of hydrogen-bond acceptors (Lipinski definition) is 3. The van der Waals surface area contributed by atoms with Crippen LogP contribution in [0.4, 0.5) is 0 Å². The number of aromatic amines is 1. The molecule has 1 atom stereocenters. The van der Waals surface area contributed by atoms with E-state index in [0.717, 1.165) is 33.1 Å². The van der Waals surface area contributed by atoms with Crippen LogP contribution in [-0.2, 0) is 31.9 Å². The van der Waals surface area contributed by atoms with E-state index in [1.807, 2.05) is 48.7 Å². The number of nitrogens with one attached hydrogen (secondary N) is 2. The number of carbonyl (C=O) groups is 1. The monoisotopic (exact) mass is 378 g/mol. The summed E-state index contributed by atoms with van der Waals surface area (Å²) < 4.78 is 3.20. The van der Waals surface area contributed by atoms with Crippen molar-refractivity contribution >= 4 is 27.9 Å². The van der Waals surface area contributed by atoms with Crippen molar-refractivity contribution in [1.29, 1.82) is 0 Å². The molecule has 1 unspecified atom stereocenters. The summed E-state index contributed by atoms with van der Waals surface area (Å²) in [5, 5.41) is 13.8. The van der Waals surface area contributed by atoms with Gasteiger partial charge in [0.25, 0.3) is 0 Å². The normalized spacial score (nSPS) is 12.6. The minimum atomic E-state index is -0.890. The predicted octanol–water partition coefficient (Wildman–Crippen LogP) is 2.14. The lowest BCUT2D eigenvalue weighted by molar-refractivity contribution is -0.139. The van der Waals surface area contributed by atoms with Gasteiger partial charge in [-0.1, -0.05) is 24.3 Å². The molecule has 4 aromatic rings. The van der Waals surface area contributed by atoms with Gasteiger partial charge in [-0.25, -0.2) is 4.79 Å². The lowest BCUT2D eigenvalue weighted by Crippen LogP contribution is -2.38. The summed E-state index contributed by atoms with van der Waals surface area (Å²) in [6, 6.07) is 12.9. The Labute approximate surface area is 161 Å². The van der Waals surface area contributed by atoms with E-state index in [0.29, 0.717) is 13.0 Å². The van der Waals surface area contributed by atoms with Crippen molar-refractivity contribution in [3.05, 3.63) is 70.3 Å². The van der Waals surface area contributed by atoms with Gasteiger partial charge < -0.3 is 15.4 Å². The van der Waals surface area contributed by atoms with Crippen molar-refractivity contribution in [2.75, 3.05) is 0 Å². The zero-order valence-corrected chi connectivity index (χ0v) is 15.8. The minimum absolute atomic E-state index is 0.0807. The van der Waals surface area contributed by atoms with E-state index in [9.17, 15) is 14.7 Å². The van der Waals surface area contributed by atoms with Gasteiger partial charge in [-0.05, 0) is 29.3 Å². The Morgan fingerprint density at radius 2 is 1.89 bits per heavy atom. The third-order valence-corrected chi connectivity index (χ3v) is 5.29. The highest BCUT2D eigenvalue weighted by Gasteiger charge is 2.19. The van der Waals surface area contributed by atoms with Gasteiger partial charge in [0, 0.05) is 44.2 Å².